The molecule has 0 fully saturated rings. The molecular formula is C34H54N10O11. The van der Waals surface area contributed by atoms with Gasteiger partial charge in [0.2, 0.25) is 35.4 Å². The number of nitrogens with zero attached hydrogens (tertiary/aromatic N) is 1. The molecule has 0 spiro atoms. The Labute approximate surface area is 318 Å². The van der Waals surface area contributed by atoms with E-state index < -0.39 is 109 Å². The fraction of sp³-hybridized carbons (Fsp3) is 0.559. The molecule has 0 heterocycles. The Morgan fingerprint density at radius 2 is 1.13 bits per heavy atom. The lowest BCUT2D eigenvalue weighted by atomic mass is 10.0. The third-order valence-corrected chi connectivity index (χ3v) is 8.10. The topological polar surface area (TPSA) is 360 Å². The molecule has 0 aromatic heterocycles. The molecule has 306 valence electrons. The molecule has 0 saturated heterocycles. The standard InChI is InChI=1S/C34H54N10O11/c1-17(2)26(35)32(53)44-24(16-45)31(52)42-22(12-13-25(46)47)29(50)40-18(3)27(48)39-19(4)28(49)41-21(11-8-14-38-34(36)37)30(51)43-23(33(54)55)15-20-9-6-5-7-10-20/h5-7,9-10,17-19,21-24,26,45H,8,11-16,35H2,1-4H3,(H,39,48)(H,40,50)(H,41,49)(H,42,52)(H,43,51)(H,44,53)(H,46,47)(H,54,55)(H4,36,37,38)/t18-,19-,21-,22-,23-,24-,26-/m0/s1. The molecule has 0 aliphatic rings. The number of carbonyl (C=O) groups is 8. The minimum absolute atomic E-state index is 0.0199. The van der Waals surface area contributed by atoms with Gasteiger partial charge in [-0.15, -0.1) is 0 Å². The molecule has 7 atom stereocenters. The third-order valence-electron chi connectivity index (χ3n) is 8.10. The Kier molecular flexibility index (Phi) is 20.4. The van der Waals surface area contributed by atoms with Crippen molar-refractivity contribution in [2.24, 2.45) is 28.1 Å². The molecule has 6 amide bonds. The molecule has 0 aliphatic heterocycles. The first-order valence-corrected chi connectivity index (χ1v) is 17.5. The number of aliphatic carboxylic acids is 2. The van der Waals surface area contributed by atoms with E-state index in [0.29, 0.717) is 5.56 Å². The van der Waals surface area contributed by atoms with Crippen LogP contribution in [0.25, 0.3) is 0 Å². The van der Waals surface area contributed by atoms with Gasteiger partial charge in [0.1, 0.15) is 36.3 Å². The van der Waals surface area contributed by atoms with E-state index in [2.05, 4.69) is 36.9 Å². The Morgan fingerprint density at radius 1 is 0.655 bits per heavy atom. The molecule has 1 aromatic carbocycles. The van der Waals surface area contributed by atoms with Crippen molar-refractivity contribution in [2.75, 3.05) is 13.2 Å². The largest absolute Gasteiger partial charge is 0.481 e. The van der Waals surface area contributed by atoms with E-state index >= 15 is 0 Å². The highest BCUT2D eigenvalue weighted by Gasteiger charge is 2.32. The Balaban J connectivity index is 3.01. The van der Waals surface area contributed by atoms with Crippen molar-refractivity contribution in [3.8, 4) is 0 Å². The van der Waals surface area contributed by atoms with Gasteiger partial charge in [-0.25, -0.2) is 4.79 Å². The molecule has 1 aromatic rings. The number of rotatable bonds is 24. The second kappa shape index (κ2) is 23.8. The molecule has 0 radical (unpaired) electrons. The van der Waals surface area contributed by atoms with Gasteiger partial charge in [0, 0.05) is 19.4 Å². The molecule has 1 rings (SSSR count). The molecule has 0 saturated carbocycles. The second-order valence-corrected chi connectivity index (χ2v) is 13.1. The fourth-order valence-corrected chi connectivity index (χ4v) is 4.75. The van der Waals surface area contributed by atoms with Gasteiger partial charge < -0.3 is 64.4 Å². The predicted molar refractivity (Wildman–Crippen MR) is 197 cm³/mol. The number of amides is 6. The number of aliphatic hydroxyl groups excluding tert-OH is 1. The van der Waals surface area contributed by atoms with Crippen LogP contribution in [0, 0.1) is 5.92 Å². The van der Waals surface area contributed by atoms with E-state index in [9.17, 15) is 48.6 Å². The van der Waals surface area contributed by atoms with Crippen LogP contribution in [-0.4, -0.2) is 124 Å². The summed E-state index contributed by atoms with van der Waals surface area (Å²) in [5.74, 6) is -8.41. The maximum absolute atomic E-state index is 13.3. The number of hydrogen-bond donors (Lipinski definition) is 12. The van der Waals surface area contributed by atoms with Crippen LogP contribution in [0.1, 0.15) is 58.9 Å². The molecule has 21 heteroatoms. The first kappa shape index (κ1) is 47.2. The van der Waals surface area contributed by atoms with Crippen molar-refractivity contribution >= 4 is 53.3 Å². The van der Waals surface area contributed by atoms with Crippen molar-refractivity contribution in [3.05, 3.63) is 35.9 Å². The van der Waals surface area contributed by atoms with E-state index in [1.807, 2.05) is 0 Å². The zero-order valence-electron chi connectivity index (χ0n) is 31.2. The Hall–Kier alpha value is -5.83. The van der Waals surface area contributed by atoms with Gasteiger partial charge in [0.25, 0.3) is 0 Å². The van der Waals surface area contributed by atoms with Crippen LogP contribution in [0.2, 0.25) is 0 Å². The summed E-state index contributed by atoms with van der Waals surface area (Å²) in [5.41, 5.74) is 17.1. The lowest BCUT2D eigenvalue weighted by molar-refractivity contribution is -0.142. The number of carboxylic acids is 2. The average Bonchev–Trinajstić information content (AvgIpc) is 3.12. The van der Waals surface area contributed by atoms with Gasteiger partial charge >= 0.3 is 11.9 Å². The van der Waals surface area contributed by atoms with E-state index in [-0.39, 0.29) is 37.7 Å². The van der Waals surface area contributed by atoms with Crippen LogP contribution in [0.15, 0.2) is 35.3 Å². The monoisotopic (exact) mass is 778 g/mol. The highest BCUT2D eigenvalue weighted by Crippen LogP contribution is 2.07. The number of aliphatic imine (C=N–C) groups is 1. The van der Waals surface area contributed by atoms with Crippen molar-refractivity contribution in [3.63, 3.8) is 0 Å². The molecule has 21 nitrogen and oxygen atoms in total. The third kappa shape index (κ3) is 17.7. The lowest BCUT2D eigenvalue weighted by Gasteiger charge is -2.25. The van der Waals surface area contributed by atoms with Crippen LogP contribution in [0.5, 0.6) is 0 Å². The predicted octanol–water partition coefficient (Wildman–Crippen LogP) is -3.84. The van der Waals surface area contributed by atoms with E-state index in [0.717, 1.165) is 0 Å². The van der Waals surface area contributed by atoms with Crippen LogP contribution >= 0.6 is 0 Å². The van der Waals surface area contributed by atoms with Gasteiger partial charge in [-0.2, -0.15) is 0 Å². The van der Waals surface area contributed by atoms with Crippen LogP contribution in [0.3, 0.4) is 0 Å². The van der Waals surface area contributed by atoms with Crippen LogP contribution < -0.4 is 49.1 Å². The highest BCUT2D eigenvalue weighted by atomic mass is 16.4. The Bertz CT molecular complexity index is 1520. The summed E-state index contributed by atoms with van der Waals surface area (Å²) in [6, 6.07) is -0.780. The van der Waals surface area contributed by atoms with Gasteiger partial charge in [-0.1, -0.05) is 44.2 Å². The SMILES string of the molecule is CC(C)[C@H](N)C(=O)N[C@@H](CO)C(=O)N[C@@H](CCC(=O)O)C(=O)N[C@@H](C)C(=O)N[C@@H](C)C(=O)N[C@@H](CCCN=C(N)N)C(=O)N[C@@H](Cc1ccccc1)C(=O)O. The maximum Gasteiger partial charge on any atom is 0.326 e. The summed E-state index contributed by atoms with van der Waals surface area (Å²) in [6.07, 6.45) is -0.872. The Morgan fingerprint density at radius 3 is 1.65 bits per heavy atom. The number of nitrogens with one attached hydrogen (secondary N) is 6. The summed E-state index contributed by atoms with van der Waals surface area (Å²) in [6.45, 7) is 5.08. The summed E-state index contributed by atoms with van der Waals surface area (Å²) in [4.78, 5) is 105. The van der Waals surface area contributed by atoms with Crippen LogP contribution in [0.4, 0.5) is 0 Å². The molecule has 15 N–H and O–H groups in total. The smallest absolute Gasteiger partial charge is 0.326 e. The summed E-state index contributed by atoms with van der Waals surface area (Å²) in [5, 5.41) is 42.8. The summed E-state index contributed by atoms with van der Waals surface area (Å²) in [7, 11) is 0. The number of guanidine groups is 1. The molecule has 0 bridgehead atoms. The van der Waals surface area contributed by atoms with Crippen LogP contribution in [-0.2, 0) is 44.8 Å². The lowest BCUT2D eigenvalue weighted by Crippen LogP contribution is -2.59. The van der Waals surface area contributed by atoms with Gasteiger partial charge in [-0.3, -0.25) is 38.6 Å². The second-order valence-electron chi connectivity index (χ2n) is 13.1. The van der Waals surface area contributed by atoms with E-state index in [4.69, 9.17) is 22.3 Å². The molecule has 0 aliphatic carbocycles. The van der Waals surface area contributed by atoms with Crippen molar-refractivity contribution < 1.29 is 53.7 Å². The van der Waals surface area contributed by atoms with E-state index in [1.54, 1.807) is 44.2 Å². The fourth-order valence-electron chi connectivity index (χ4n) is 4.75. The van der Waals surface area contributed by atoms with Crippen molar-refractivity contribution in [1.29, 1.82) is 0 Å². The maximum atomic E-state index is 13.3. The number of carbonyl (C=O) groups excluding carboxylic acids is 6. The number of aliphatic hydroxyl groups is 1. The number of carboxylic acid groups (broad SMARTS) is 2. The number of hydrogen-bond acceptors (Lipinski definition) is 11. The number of nitrogens with two attached hydrogens (primary N) is 3. The minimum atomic E-state index is -1.53. The van der Waals surface area contributed by atoms with Gasteiger partial charge in [0.15, 0.2) is 5.96 Å². The summed E-state index contributed by atoms with van der Waals surface area (Å²) < 4.78 is 0. The van der Waals surface area contributed by atoms with Gasteiger partial charge in [0.05, 0.1) is 12.6 Å². The quantitative estimate of drug-likeness (QED) is 0.0272. The van der Waals surface area contributed by atoms with Gasteiger partial charge in [-0.05, 0) is 44.6 Å². The highest BCUT2D eigenvalue weighted by molar-refractivity contribution is 5.97. The average molecular weight is 779 g/mol. The summed E-state index contributed by atoms with van der Waals surface area (Å²) >= 11 is 0. The van der Waals surface area contributed by atoms with Crippen molar-refractivity contribution in [2.45, 2.75) is 102 Å². The van der Waals surface area contributed by atoms with Crippen molar-refractivity contribution in [1.82, 2.24) is 31.9 Å². The first-order valence-electron chi connectivity index (χ1n) is 17.5. The van der Waals surface area contributed by atoms with E-state index in [1.165, 1.54) is 13.8 Å². The number of benzene rings is 1. The first-order chi connectivity index (χ1) is 25.8. The zero-order chi connectivity index (χ0) is 41.8. The molecule has 55 heavy (non-hydrogen) atoms. The molecule has 0 unspecified atom stereocenters. The molecular weight excluding hydrogens is 724 g/mol. The zero-order valence-corrected chi connectivity index (χ0v) is 31.2. The normalized spacial score (nSPS) is 14.7. The minimum Gasteiger partial charge on any atom is -0.481 e.